The molecule has 0 aliphatic rings. The Kier molecular flexibility index (Phi) is 1.84. The lowest BCUT2D eigenvalue weighted by Crippen LogP contribution is -2.01. The molecular formula is C3H5NO3. The molecule has 4 heteroatoms. The highest BCUT2D eigenvalue weighted by Gasteiger charge is 1.95. The summed E-state index contributed by atoms with van der Waals surface area (Å²) < 4.78 is 0. The van der Waals surface area contributed by atoms with Gasteiger partial charge < -0.3 is 5.11 Å². The van der Waals surface area contributed by atoms with E-state index in [0.29, 0.717) is 0 Å². The molecular weight excluding hydrogens is 98.0 g/mol. The van der Waals surface area contributed by atoms with Crippen molar-refractivity contribution in [1.82, 2.24) is 0 Å². The molecule has 0 aliphatic heterocycles. The maximum atomic E-state index is 9.39. The van der Waals surface area contributed by atoms with Gasteiger partial charge in [-0.2, -0.15) is 0 Å². The summed E-state index contributed by atoms with van der Waals surface area (Å²) in [7, 11) is 0. The normalized spacial score (nSPS) is 8.00. The van der Waals surface area contributed by atoms with Crippen LogP contribution in [-0.4, -0.2) is 16.6 Å². The van der Waals surface area contributed by atoms with Crippen LogP contribution in [0.3, 0.4) is 0 Å². The lowest BCUT2D eigenvalue weighted by molar-refractivity contribution is -0.474. The van der Waals surface area contributed by atoms with Crippen LogP contribution in [0.15, 0.2) is 12.3 Å². The first-order valence-corrected chi connectivity index (χ1v) is 1.61. The van der Waals surface area contributed by atoms with Crippen molar-refractivity contribution in [3.63, 3.8) is 0 Å². The summed E-state index contributed by atoms with van der Waals surface area (Å²) in [6, 6.07) is 0. The average Bonchev–Trinajstić information content (AvgIpc) is 1.27. The van der Waals surface area contributed by atoms with Gasteiger partial charge in [-0.25, -0.2) is 0 Å². The van der Waals surface area contributed by atoms with E-state index in [1.54, 1.807) is 0 Å². The topological polar surface area (TPSA) is 63.4 Å². The Morgan fingerprint density at radius 1 is 2.00 bits per heavy atom. The predicted octanol–water partition coefficient (Wildman–Crippen LogP) is 0.335. The van der Waals surface area contributed by atoms with Crippen LogP contribution in [0.4, 0.5) is 0 Å². The number of aliphatic hydroxyl groups is 1. The third-order valence-corrected chi connectivity index (χ3v) is 0.312. The Balaban J connectivity index is 3.32. The molecule has 0 aromatic carbocycles. The second-order valence-electron chi connectivity index (χ2n) is 1.06. The molecule has 0 fully saturated rings. The summed E-state index contributed by atoms with van der Waals surface area (Å²) in [6.45, 7) is 2.35. The van der Waals surface area contributed by atoms with Crippen molar-refractivity contribution in [2.24, 2.45) is 0 Å². The molecule has 0 unspecified atom stereocenters. The summed E-state index contributed by atoms with van der Waals surface area (Å²) in [5.41, 5.74) is 0. The molecule has 0 aliphatic carbocycles. The zero-order chi connectivity index (χ0) is 5.86. The van der Waals surface area contributed by atoms with E-state index in [0.717, 1.165) is 0 Å². The third kappa shape index (κ3) is 4.94. The fraction of sp³-hybridized carbons (Fsp3) is 0.333. The van der Waals surface area contributed by atoms with Gasteiger partial charge in [0.25, 0.3) is 6.54 Å². The maximum absolute atomic E-state index is 9.39. The van der Waals surface area contributed by atoms with E-state index in [-0.39, 0.29) is 0 Å². The molecule has 0 aromatic heterocycles. The van der Waals surface area contributed by atoms with Crippen LogP contribution in [0.25, 0.3) is 0 Å². The van der Waals surface area contributed by atoms with Crippen LogP contribution in [0.5, 0.6) is 0 Å². The van der Waals surface area contributed by atoms with Crippen LogP contribution in [-0.2, 0) is 0 Å². The molecule has 0 rings (SSSR count). The molecule has 0 saturated carbocycles. The standard InChI is InChI=1S/C3H5NO3/c1-3(5)2-4(6)7/h5H,1-2H2. The Labute approximate surface area is 40.2 Å². The average molecular weight is 103 g/mol. The Morgan fingerprint density at radius 3 is 2.43 bits per heavy atom. The van der Waals surface area contributed by atoms with E-state index >= 15 is 0 Å². The maximum Gasteiger partial charge on any atom is 0.259 e. The van der Waals surface area contributed by atoms with Gasteiger partial charge in [-0.15, -0.1) is 0 Å². The summed E-state index contributed by atoms with van der Waals surface area (Å²) in [5, 5.41) is 17.5. The van der Waals surface area contributed by atoms with Gasteiger partial charge >= 0.3 is 0 Å². The highest BCUT2D eigenvalue weighted by Crippen LogP contribution is 1.79. The van der Waals surface area contributed by atoms with Crippen LogP contribution in [0.2, 0.25) is 0 Å². The van der Waals surface area contributed by atoms with Crippen molar-refractivity contribution in [2.75, 3.05) is 6.54 Å². The first-order valence-electron chi connectivity index (χ1n) is 1.61. The van der Waals surface area contributed by atoms with E-state index in [1.165, 1.54) is 0 Å². The molecule has 1 N–H and O–H groups in total. The monoisotopic (exact) mass is 103 g/mol. The minimum absolute atomic E-state index is 0.412. The fourth-order valence-corrected chi connectivity index (χ4v) is 0.149. The highest BCUT2D eigenvalue weighted by atomic mass is 16.6. The van der Waals surface area contributed by atoms with Gasteiger partial charge in [-0.05, 0) is 0 Å². The van der Waals surface area contributed by atoms with Gasteiger partial charge in [0.15, 0.2) is 5.76 Å². The first kappa shape index (κ1) is 5.94. The number of rotatable bonds is 2. The van der Waals surface area contributed by atoms with Crippen LogP contribution < -0.4 is 0 Å². The Bertz CT molecular complexity index is 86.4. The minimum Gasteiger partial charge on any atom is -0.506 e. The van der Waals surface area contributed by atoms with E-state index in [2.05, 4.69) is 6.58 Å². The number of nitro groups is 1. The molecule has 0 bridgehead atoms. The van der Waals surface area contributed by atoms with Crippen molar-refractivity contribution in [2.45, 2.75) is 0 Å². The molecule has 0 radical (unpaired) electrons. The molecule has 7 heavy (non-hydrogen) atoms. The summed E-state index contributed by atoms with van der Waals surface area (Å²) in [6.07, 6.45) is 0. The van der Waals surface area contributed by atoms with Crippen molar-refractivity contribution in [3.05, 3.63) is 22.5 Å². The van der Waals surface area contributed by atoms with Gasteiger partial charge in [-0.3, -0.25) is 10.1 Å². The van der Waals surface area contributed by atoms with Gasteiger partial charge in [0.05, 0.1) is 0 Å². The van der Waals surface area contributed by atoms with Crippen LogP contribution in [0.1, 0.15) is 0 Å². The van der Waals surface area contributed by atoms with Crippen molar-refractivity contribution >= 4 is 0 Å². The smallest absolute Gasteiger partial charge is 0.259 e. The summed E-state index contributed by atoms with van der Waals surface area (Å²) in [4.78, 5) is 8.74. The molecule has 0 atom stereocenters. The molecule has 0 saturated heterocycles. The summed E-state index contributed by atoms with van der Waals surface area (Å²) in [5.74, 6) is -0.412. The van der Waals surface area contributed by atoms with Gasteiger partial charge in [-0.1, -0.05) is 6.58 Å². The number of nitrogens with zero attached hydrogens (tertiary/aromatic N) is 1. The Morgan fingerprint density at radius 2 is 2.43 bits per heavy atom. The predicted molar refractivity (Wildman–Crippen MR) is 23.6 cm³/mol. The summed E-state index contributed by atoms with van der Waals surface area (Å²) >= 11 is 0. The molecule has 0 spiro atoms. The molecule has 40 valence electrons. The van der Waals surface area contributed by atoms with Crippen LogP contribution >= 0.6 is 0 Å². The molecule has 0 amide bonds. The number of aliphatic hydroxyl groups excluding tert-OH is 1. The van der Waals surface area contributed by atoms with Gasteiger partial charge in [0.1, 0.15) is 0 Å². The third-order valence-electron chi connectivity index (χ3n) is 0.312. The zero-order valence-electron chi connectivity index (χ0n) is 3.63. The van der Waals surface area contributed by atoms with Crippen molar-refractivity contribution in [1.29, 1.82) is 0 Å². The lowest BCUT2D eigenvalue weighted by atomic mass is 10.6. The number of hydrogen-bond donors (Lipinski definition) is 1. The van der Waals surface area contributed by atoms with Crippen LogP contribution in [0, 0.1) is 10.1 Å². The zero-order valence-corrected chi connectivity index (χ0v) is 3.63. The van der Waals surface area contributed by atoms with E-state index in [4.69, 9.17) is 5.11 Å². The van der Waals surface area contributed by atoms with E-state index < -0.39 is 17.2 Å². The second-order valence-corrected chi connectivity index (χ2v) is 1.06. The molecule has 0 aromatic rings. The SMILES string of the molecule is C=C(O)C[N+](=O)[O-]. The quantitative estimate of drug-likeness (QED) is 0.311. The van der Waals surface area contributed by atoms with E-state index in [1.807, 2.05) is 0 Å². The number of hydrogen-bond acceptors (Lipinski definition) is 3. The largest absolute Gasteiger partial charge is 0.506 e. The highest BCUT2D eigenvalue weighted by molar-refractivity contribution is 4.76. The van der Waals surface area contributed by atoms with Gasteiger partial charge in [0.2, 0.25) is 0 Å². The molecule has 4 nitrogen and oxygen atoms in total. The molecule has 0 heterocycles. The van der Waals surface area contributed by atoms with E-state index in [9.17, 15) is 10.1 Å². The Hall–Kier alpha value is -1.06. The fourth-order valence-electron chi connectivity index (χ4n) is 0.149. The van der Waals surface area contributed by atoms with Crippen molar-refractivity contribution in [3.8, 4) is 0 Å². The van der Waals surface area contributed by atoms with Crippen molar-refractivity contribution < 1.29 is 10.0 Å². The van der Waals surface area contributed by atoms with Gasteiger partial charge in [0, 0.05) is 4.92 Å². The second kappa shape index (κ2) is 2.17. The minimum atomic E-state index is -0.650. The lowest BCUT2D eigenvalue weighted by Gasteiger charge is -1.84. The first-order chi connectivity index (χ1) is 3.13.